The van der Waals surface area contributed by atoms with Crippen LogP contribution >= 0.6 is 0 Å². The van der Waals surface area contributed by atoms with Crippen LogP contribution in [-0.4, -0.2) is 27.8 Å². The van der Waals surface area contributed by atoms with E-state index >= 15 is 0 Å². The van der Waals surface area contributed by atoms with Crippen LogP contribution in [0.25, 0.3) is 5.13 Å². The van der Waals surface area contributed by atoms with Gasteiger partial charge in [0.15, 0.2) is 0 Å². The fourth-order valence-corrected chi connectivity index (χ4v) is 2.38. The maximum atomic E-state index is 11.0. The molecule has 0 aliphatic rings. The van der Waals surface area contributed by atoms with Crippen LogP contribution in [0.15, 0.2) is 14.4 Å². The maximum absolute atomic E-state index is 11.0. The maximum Gasteiger partial charge on any atom is 0.319 e. The van der Waals surface area contributed by atoms with Gasteiger partial charge < -0.3 is 14.3 Å². The second-order valence-electron chi connectivity index (χ2n) is 2.24. The van der Waals surface area contributed by atoms with Crippen LogP contribution < -0.4 is 16.9 Å². The predicted octanol–water partition coefficient (Wildman–Crippen LogP) is -2.44. The molecular weight excluding hydrogens is 180 g/mol. The summed E-state index contributed by atoms with van der Waals surface area (Å²) in [6.45, 7) is 0. The Bertz CT molecular complexity index is 586. The summed E-state index contributed by atoms with van der Waals surface area (Å²) in [5, 5.41) is 0.226. The molecule has 7 nitrogen and oxygen atoms in total. The van der Waals surface area contributed by atoms with Crippen LogP contribution in [0.5, 0.6) is 0 Å². The van der Waals surface area contributed by atoms with Gasteiger partial charge in [-0.05, 0) is 0 Å². The molecule has 2 rings (SSSR count). The Morgan fingerprint density at radius 2 is 1.50 bits per heavy atom. The highest BCUT2D eigenvalue weighted by atomic mass is 28.2. The quantitative estimate of drug-likeness (QED) is 0.341. The average Bonchev–Trinajstić information content (AvgIpc) is 2.29. The lowest BCUT2D eigenvalue weighted by Gasteiger charge is -1.82. The average molecular weight is 184 g/mol. The molecule has 0 saturated carbocycles. The van der Waals surface area contributed by atoms with Crippen molar-refractivity contribution in [3.63, 3.8) is 0 Å². The van der Waals surface area contributed by atoms with Gasteiger partial charge in [0, 0.05) is 0 Å². The third-order valence-corrected chi connectivity index (χ3v) is 3.23. The molecule has 0 fully saturated rings. The monoisotopic (exact) mass is 184 g/mol. The molecule has 0 amide bonds. The Kier molecular flexibility index (Phi) is 1.24. The molecule has 0 saturated heterocycles. The lowest BCUT2D eigenvalue weighted by molar-refractivity contribution is 1.10. The fraction of sp³-hybridized carbons (Fsp3) is 0. The molecule has 2 aromatic heterocycles. The Morgan fingerprint density at radius 1 is 0.917 bits per heavy atom. The minimum Gasteiger partial charge on any atom is -0.326 e. The number of fused-ring (bicyclic) bond motifs is 1. The summed E-state index contributed by atoms with van der Waals surface area (Å²) in [7, 11) is -1.71. The van der Waals surface area contributed by atoms with E-state index < -0.39 is 25.5 Å². The highest BCUT2D eigenvalue weighted by molar-refractivity contribution is 6.48. The van der Waals surface area contributed by atoms with E-state index in [0.29, 0.717) is 0 Å². The number of rotatable bonds is 0. The van der Waals surface area contributed by atoms with Crippen molar-refractivity contribution in [2.45, 2.75) is 0 Å². The molecule has 8 heteroatoms. The molecule has 0 atom stereocenters. The SMILES string of the molecule is O=c1[nH]c(=O)c2[nH]c(=O)[nH][si]2[nH]1. The Balaban J connectivity index is 3.18. The largest absolute Gasteiger partial charge is 0.326 e. The molecular formula is C4H4N4O3Si. The van der Waals surface area contributed by atoms with E-state index in [4.69, 9.17) is 0 Å². The summed E-state index contributed by atoms with van der Waals surface area (Å²) >= 11 is 0. The van der Waals surface area contributed by atoms with Gasteiger partial charge in [-0.2, -0.15) is 0 Å². The summed E-state index contributed by atoms with van der Waals surface area (Å²) in [5.41, 5.74) is -1.55. The van der Waals surface area contributed by atoms with Crippen molar-refractivity contribution in [3.05, 3.63) is 31.3 Å². The Morgan fingerprint density at radius 3 is 2.17 bits per heavy atom. The van der Waals surface area contributed by atoms with Crippen molar-refractivity contribution >= 4 is 13.7 Å². The fourth-order valence-electron chi connectivity index (χ4n) is 0.958. The van der Waals surface area contributed by atoms with Gasteiger partial charge in [-0.15, -0.1) is 0 Å². The van der Waals surface area contributed by atoms with Crippen LogP contribution in [0.2, 0.25) is 0 Å². The molecule has 0 aliphatic heterocycles. The highest BCUT2D eigenvalue weighted by Gasteiger charge is 2.03. The van der Waals surface area contributed by atoms with Crippen molar-refractivity contribution in [2.75, 3.05) is 0 Å². The Hall–Kier alpha value is -1.70. The number of hydrogen-bond acceptors (Lipinski definition) is 3. The molecule has 0 bridgehead atoms. The minimum absolute atomic E-state index is 0.226. The van der Waals surface area contributed by atoms with Crippen LogP contribution in [-0.2, 0) is 0 Å². The molecule has 2 heterocycles. The number of aromatic amines is 4. The van der Waals surface area contributed by atoms with Gasteiger partial charge in [-0.1, -0.05) is 0 Å². The van der Waals surface area contributed by atoms with Gasteiger partial charge >= 0.3 is 11.4 Å². The number of aromatic nitrogens is 4. The summed E-state index contributed by atoms with van der Waals surface area (Å²) in [6.07, 6.45) is 0. The molecule has 0 radical (unpaired) electrons. The topological polar surface area (TPSA) is 114 Å². The van der Waals surface area contributed by atoms with Gasteiger partial charge in [-0.25, -0.2) is 9.59 Å². The van der Waals surface area contributed by atoms with Crippen molar-refractivity contribution in [1.82, 2.24) is 19.2 Å². The van der Waals surface area contributed by atoms with E-state index in [1.165, 1.54) is 0 Å². The lowest BCUT2D eigenvalue weighted by Crippen LogP contribution is -2.26. The van der Waals surface area contributed by atoms with Gasteiger partial charge in [0.1, 0.15) is 5.13 Å². The highest BCUT2D eigenvalue weighted by Crippen LogP contribution is 1.72. The lowest BCUT2D eigenvalue weighted by atomic mass is 10.8. The van der Waals surface area contributed by atoms with E-state index in [1.807, 2.05) is 4.98 Å². The van der Waals surface area contributed by atoms with Crippen molar-refractivity contribution in [3.8, 4) is 0 Å². The number of nitrogens with one attached hydrogen (secondary N) is 4. The third-order valence-electron chi connectivity index (χ3n) is 1.42. The van der Waals surface area contributed by atoms with Gasteiger partial charge in [0.25, 0.3) is 14.1 Å². The van der Waals surface area contributed by atoms with Gasteiger partial charge in [-0.3, -0.25) is 9.78 Å². The zero-order valence-electron chi connectivity index (χ0n) is 5.72. The van der Waals surface area contributed by atoms with Crippen LogP contribution in [0.1, 0.15) is 0 Å². The molecule has 0 aliphatic carbocycles. The first-order chi connectivity index (χ1) is 5.66. The second kappa shape index (κ2) is 2.14. The third kappa shape index (κ3) is 0.889. The van der Waals surface area contributed by atoms with Crippen molar-refractivity contribution in [1.29, 1.82) is 0 Å². The van der Waals surface area contributed by atoms with E-state index in [0.717, 1.165) is 0 Å². The smallest absolute Gasteiger partial charge is 0.319 e. The van der Waals surface area contributed by atoms with Crippen molar-refractivity contribution < 1.29 is 0 Å². The predicted molar refractivity (Wildman–Crippen MR) is 41.6 cm³/mol. The molecule has 0 aromatic carbocycles. The van der Waals surface area contributed by atoms with Crippen molar-refractivity contribution in [2.24, 2.45) is 0 Å². The summed E-state index contributed by atoms with van der Waals surface area (Å²) in [5.74, 6) is 0. The van der Waals surface area contributed by atoms with E-state index in [2.05, 4.69) is 14.3 Å². The summed E-state index contributed by atoms with van der Waals surface area (Å²) in [6, 6.07) is 0. The van der Waals surface area contributed by atoms with E-state index in [1.54, 1.807) is 0 Å². The minimum atomic E-state index is -1.71. The summed E-state index contributed by atoms with van der Waals surface area (Å²) < 4.78 is 4.88. The first-order valence-electron chi connectivity index (χ1n) is 3.11. The second-order valence-corrected chi connectivity index (χ2v) is 3.99. The standard InChI is InChI=1S/C4H4N4O3Si/c9-1-2-6-4(11)8-12(2)7-3(10)5-1/h(H2,6,8,11)(H2,5,7,9,10). The van der Waals surface area contributed by atoms with E-state index in [-0.39, 0.29) is 5.13 Å². The van der Waals surface area contributed by atoms with Gasteiger partial charge in [0.2, 0.25) is 0 Å². The van der Waals surface area contributed by atoms with Crippen LogP contribution in [0.3, 0.4) is 0 Å². The molecule has 0 spiro atoms. The summed E-state index contributed by atoms with van der Waals surface area (Å²) in [4.78, 5) is 36.7. The van der Waals surface area contributed by atoms with E-state index in [9.17, 15) is 14.4 Å². The van der Waals surface area contributed by atoms with Crippen LogP contribution in [0.4, 0.5) is 0 Å². The zero-order valence-corrected chi connectivity index (χ0v) is 6.72. The van der Waals surface area contributed by atoms with Crippen LogP contribution in [0, 0.1) is 0 Å². The molecule has 4 N–H and O–H groups in total. The number of H-pyrrole nitrogens is 4. The first-order valence-corrected chi connectivity index (χ1v) is 4.61. The number of hydrogen-bond donors (Lipinski definition) is 4. The zero-order chi connectivity index (χ0) is 8.72. The molecule has 2 aromatic rings. The Labute approximate surface area is 65.1 Å². The van der Waals surface area contributed by atoms with Gasteiger partial charge in [0.05, 0.1) is 0 Å². The molecule has 12 heavy (non-hydrogen) atoms. The first kappa shape index (κ1) is 6.97. The normalized spacial score (nSPS) is 10.7. The molecule has 0 unspecified atom stereocenters. The molecule has 62 valence electrons.